The van der Waals surface area contributed by atoms with Crippen molar-refractivity contribution in [3.63, 3.8) is 0 Å². The van der Waals surface area contributed by atoms with Gasteiger partial charge in [-0.2, -0.15) is 0 Å². The summed E-state index contributed by atoms with van der Waals surface area (Å²) in [6.45, 7) is 3.46. The van der Waals surface area contributed by atoms with E-state index >= 15 is 0 Å². The molecular formula is C69H127NO10. The van der Waals surface area contributed by atoms with E-state index in [-0.39, 0.29) is 12.8 Å². The number of carbonyl (C=O) groups is 1. The highest BCUT2D eigenvalue weighted by atomic mass is 16.7. The van der Waals surface area contributed by atoms with Gasteiger partial charge in [0.1, 0.15) is 36.6 Å². The van der Waals surface area contributed by atoms with Crippen molar-refractivity contribution in [1.29, 1.82) is 0 Å². The Hall–Kier alpha value is -2.19. The molecule has 1 amide bonds. The molecule has 468 valence electrons. The minimum Gasteiger partial charge on any atom is -0.394 e. The van der Waals surface area contributed by atoms with E-state index in [2.05, 4.69) is 79.9 Å². The molecule has 80 heavy (non-hydrogen) atoms. The summed E-state index contributed by atoms with van der Waals surface area (Å²) >= 11 is 0. The number of ether oxygens (including phenoxy) is 2. The van der Waals surface area contributed by atoms with Crippen LogP contribution in [0, 0.1) is 0 Å². The maximum Gasteiger partial charge on any atom is 0.249 e. The van der Waals surface area contributed by atoms with Crippen LogP contribution in [-0.4, -0.2) is 110 Å². The van der Waals surface area contributed by atoms with E-state index in [4.69, 9.17) is 9.47 Å². The van der Waals surface area contributed by atoms with E-state index in [9.17, 15) is 40.5 Å². The van der Waals surface area contributed by atoms with Crippen molar-refractivity contribution in [2.75, 3.05) is 13.2 Å². The minimum atomic E-state index is -1.68. The van der Waals surface area contributed by atoms with Crippen LogP contribution in [0.25, 0.3) is 0 Å². The Morgan fingerprint density at radius 1 is 0.438 bits per heavy atom. The number of nitrogens with one attached hydrogen (secondary N) is 1. The third-order valence-electron chi connectivity index (χ3n) is 16.0. The zero-order valence-electron chi connectivity index (χ0n) is 51.6. The molecule has 11 heteroatoms. The first-order valence-electron chi connectivity index (χ1n) is 33.7. The summed E-state index contributed by atoms with van der Waals surface area (Å²) in [6.07, 6.45) is 64.4. The molecule has 0 bridgehead atoms. The van der Waals surface area contributed by atoms with Gasteiger partial charge in [-0.15, -0.1) is 0 Å². The molecule has 9 unspecified atom stereocenters. The van der Waals surface area contributed by atoms with Crippen LogP contribution < -0.4 is 5.32 Å². The van der Waals surface area contributed by atoms with Crippen molar-refractivity contribution in [1.82, 2.24) is 5.32 Å². The molecule has 9 atom stereocenters. The van der Waals surface area contributed by atoms with Crippen molar-refractivity contribution >= 4 is 5.91 Å². The molecule has 1 fully saturated rings. The molecule has 0 saturated carbocycles. The van der Waals surface area contributed by atoms with E-state index in [1.807, 2.05) is 0 Å². The minimum absolute atomic E-state index is 0.240. The van der Waals surface area contributed by atoms with Crippen LogP contribution in [0.15, 0.2) is 60.8 Å². The SMILES string of the molecule is CCCCCCCCCC/C=C/CC/C=C/CC/C=C/CCCC(O)C(O)C(COC1OC(CO)C(O)C(O)C1O)NC(=O)C(O)CCCCCCCCCCCCCCCCCC/C=C\C/C=C\CCCCCCCCCCC. The second kappa shape index (κ2) is 57.3. The molecule has 1 saturated heterocycles. The van der Waals surface area contributed by atoms with Crippen LogP contribution in [0.2, 0.25) is 0 Å². The number of allylic oxidation sites excluding steroid dienone is 10. The maximum absolute atomic E-state index is 13.2. The molecule has 0 radical (unpaired) electrons. The van der Waals surface area contributed by atoms with Crippen molar-refractivity contribution in [3.05, 3.63) is 60.8 Å². The van der Waals surface area contributed by atoms with Gasteiger partial charge in [-0.3, -0.25) is 4.79 Å². The van der Waals surface area contributed by atoms with Gasteiger partial charge in [-0.05, 0) is 96.3 Å². The highest BCUT2D eigenvalue weighted by Crippen LogP contribution is 2.23. The highest BCUT2D eigenvalue weighted by Gasteiger charge is 2.44. The average Bonchev–Trinajstić information content (AvgIpc) is 3.48. The summed E-state index contributed by atoms with van der Waals surface area (Å²) in [5.41, 5.74) is 0. The Bertz CT molecular complexity index is 1480. The van der Waals surface area contributed by atoms with Crippen LogP contribution in [0.1, 0.15) is 303 Å². The Kier molecular flexibility index (Phi) is 54.3. The molecule has 1 rings (SSSR count). The second-order valence-electron chi connectivity index (χ2n) is 23.5. The highest BCUT2D eigenvalue weighted by molar-refractivity contribution is 5.80. The Morgan fingerprint density at radius 3 is 1.19 bits per heavy atom. The van der Waals surface area contributed by atoms with Crippen LogP contribution in [0.5, 0.6) is 0 Å². The smallest absolute Gasteiger partial charge is 0.249 e. The van der Waals surface area contributed by atoms with Gasteiger partial charge in [-0.1, -0.05) is 267 Å². The van der Waals surface area contributed by atoms with Crippen molar-refractivity contribution in [3.8, 4) is 0 Å². The summed E-state index contributed by atoms with van der Waals surface area (Å²) in [4.78, 5) is 13.2. The normalized spacial score (nSPS) is 19.6. The standard InChI is InChI=1S/C69H127NO10/c1-3-5-7-9-11-13-15-17-19-21-23-25-26-27-28-29-30-31-32-33-34-35-37-39-41-43-45-47-49-51-53-55-57-62(73)68(78)70-60(59-79-69-67(77)66(76)65(75)63(58-71)80-69)64(74)61(72)56-54-52-50-48-46-44-42-40-38-36-24-22-20-18-16-14-12-10-8-6-4-2/h22-25,27-28,40,42,48,50,60-67,69,71-77H,3-21,26,29-39,41,43-47,49,51-59H2,1-2H3,(H,70,78)/b24-22+,25-23-,28-27-,42-40+,50-48+. The maximum atomic E-state index is 13.2. The molecule has 1 aliphatic rings. The predicted octanol–water partition coefficient (Wildman–Crippen LogP) is 15.7. The number of aliphatic hydroxyl groups is 7. The van der Waals surface area contributed by atoms with Gasteiger partial charge < -0.3 is 50.5 Å². The zero-order chi connectivity index (χ0) is 58.2. The number of aliphatic hydroxyl groups excluding tert-OH is 7. The van der Waals surface area contributed by atoms with Crippen LogP contribution in [0.3, 0.4) is 0 Å². The van der Waals surface area contributed by atoms with Gasteiger partial charge in [0.15, 0.2) is 6.29 Å². The zero-order valence-corrected chi connectivity index (χ0v) is 51.6. The van der Waals surface area contributed by atoms with E-state index in [0.29, 0.717) is 19.3 Å². The van der Waals surface area contributed by atoms with E-state index in [0.717, 1.165) is 51.4 Å². The van der Waals surface area contributed by atoms with Gasteiger partial charge in [0.2, 0.25) is 5.91 Å². The fourth-order valence-electron chi connectivity index (χ4n) is 10.6. The lowest BCUT2D eigenvalue weighted by Gasteiger charge is -2.40. The Morgan fingerprint density at radius 2 is 0.787 bits per heavy atom. The fourth-order valence-corrected chi connectivity index (χ4v) is 10.6. The number of hydrogen-bond donors (Lipinski definition) is 8. The quantitative estimate of drug-likeness (QED) is 0.0215. The third kappa shape index (κ3) is 44.3. The largest absolute Gasteiger partial charge is 0.394 e. The number of rotatable bonds is 58. The molecule has 8 N–H and O–H groups in total. The molecule has 0 aromatic heterocycles. The lowest BCUT2D eigenvalue weighted by molar-refractivity contribution is -0.303. The van der Waals surface area contributed by atoms with Gasteiger partial charge in [0.25, 0.3) is 0 Å². The number of hydrogen-bond acceptors (Lipinski definition) is 10. The average molecular weight is 1130 g/mol. The number of unbranched alkanes of at least 4 members (excludes halogenated alkanes) is 36. The number of amides is 1. The predicted molar refractivity (Wildman–Crippen MR) is 334 cm³/mol. The lowest BCUT2D eigenvalue weighted by atomic mass is 9.98. The van der Waals surface area contributed by atoms with E-state index < -0.39 is 74.2 Å². The monoisotopic (exact) mass is 1130 g/mol. The third-order valence-corrected chi connectivity index (χ3v) is 16.0. The molecule has 0 aromatic rings. The van der Waals surface area contributed by atoms with E-state index in [1.54, 1.807) is 0 Å². The second-order valence-corrected chi connectivity index (χ2v) is 23.5. The van der Waals surface area contributed by atoms with Gasteiger partial charge in [0, 0.05) is 0 Å². The molecule has 0 aromatic carbocycles. The first-order chi connectivity index (χ1) is 39.2. The van der Waals surface area contributed by atoms with Crippen LogP contribution in [-0.2, 0) is 14.3 Å². The summed E-state index contributed by atoms with van der Waals surface area (Å²) in [6, 6.07) is -1.20. The first-order valence-corrected chi connectivity index (χ1v) is 33.7. The molecule has 0 aliphatic carbocycles. The summed E-state index contributed by atoms with van der Waals surface area (Å²) in [5, 5.41) is 76.3. The number of carbonyl (C=O) groups excluding carboxylic acids is 1. The van der Waals surface area contributed by atoms with Crippen LogP contribution in [0.4, 0.5) is 0 Å². The molecule has 11 nitrogen and oxygen atoms in total. The summed E-state index contributed by atoms with van der Waals surface area (Å²) in [5.74, 6) is -0.710. The van der Waals surface area contributed by atoms with Gasteiger partial charge >= 0.3 is 0 Å². The van der Waals surface area contributed by atoms with E-state index in [1.165, 1.54) is 205 Å². The Labute approximate surface area is 491 Å². The summed E-state index contributed by atoms with van der Waals surface area (Å²) in [7, 11) is 0. The van der Waals surface area contributed by atoms with Crippen molar-refractivity contribution < 1.29 is 50.0 Å². The van der Waals surface area contributed by atoms with Crippen molar-refractivity contribution in [2.24, 2.45) is 0 Å². The molecule has 0 spiro atoms. The molecule has 1 aliphatic heterocycles. The van der Waals surface area contributed by atoms with Crippen LogP contribution >= 0.6 is 0 Å². The molecular weight excluding hydrogens is 1000 g/mol. The van der Waals surface area contributed by atoms with Gasteiger partial charge in [0.05, 0.1) is 25.4 Å². The topological polar surface area (TPSA) is 189 Å². The Balaban J connectivity index is 2.23. The lowest BCUT2D eigenvalue weighted by Crippen LogP contribution is -2.60. The fraction of sp³-hybridized carbons (Fsp3) is 0.841. The summed E-state index contributed by atoms with van der Waals surface area (Å²) < 4.78 is 11.2. The molecule has 1 heterocycles. The first kappa shape index (κ1) is 75.8. The van der Waals surface area contributed by atoms with Crippen molar-refractivity contribution in [2.45, 2.75) is 358 Å². The van der Waals surface area contributed by atoms with Gasteiger partial charge in [-0.25, -0.2) is 0 Å².